The number of aliphatic carboxylic acids is 1. The highest BCUT2D eigenvalue weighted by Gasteiger charge is 1.99. The molecule has 0 aliphatic carbocycles. The first-order chi connectivity index (χ1) is 3.42. The summed E-state index contributed by atoms with van der Waals surface area (Å²) < 4.78 is 9.60. The molecule has 0 bridgehead atoms. The van der Waals surface area contributed by atoms with Crippen molar-refractivity contribution in [3.8, 4) is 0 Å². The van der Waals surface area contributed by atoms with Crippen molar-refractivity contribution in [2.45, 2.75) is 0 Å². The highest BCUT2D eigenvalue weighted by Crippen LogP contribution is 2.26. The highest BCUT2D eigenvalue weighted by molar-refractivity contribution is 7.51. The van der Waals surface area contributed by atoms with Gasteiger partial charge >= 0.3 is 0 Å². The van der Waals surface area contributed by atoms with Gasteiger partial charge in [-0.3, -0.25) is 0 Å². The molecule has 0 heterocycles. The minimum atomic E-state index is -4.63. The van der Waals surface area contributed by atoms with Gasteiger partial charge in [-0.05, 0) is 0 Å². The summed E-state index contributed by atoms with van der Waals surface area (Å²) in [6, 6.07) is 0. The summed E-state index contributed by atoms with van der Waals surface area (Å²) >= 11 is 0. The van der Waals surface area contributed by atoms with Crippen LogP contribution in [0.5, 0.6) is 0 Å². The molecule has 0 amide bonds. The Hall–Kier alpha value is -0.460. The summed E-state index contributed by atoms with van der Waals surface area (Å²) in [4.78, 5) is 26.7. The molecular weight excluding hydrogens is 163 g/mol. The molecule has 0 radical (unpaired) electrons. The van der Waals surface area contributed by atoms with Crippen LogP contribution >= 0.6 is 7.60 Å². The van der Waals surface area contributed by atoms with Gasteiger partial charge in [0.05, 0.1) is 6.16 Å². The average Bonchev–Trinajstić information content (AvgIpc) is 1.21. The maximum atomic E-state index is 9.60. The monoisotopic (exact) mass is 174 g/mol. The normalized spacial score (nSPS) is 13.8. The maximum absolute atomic E-state index is 9.60. The van der Waals surface area contributed by atoms with Gasteiger partial charge < -0.3 is 36.6 Å². The van der Waals surface area contributed by atoms with E-state index in [-0.39, 0.29) is 12.3 Å². The van der Waals surface area contributed by atoms with Crippen LogP contribution in [0.15, 0.2) is 0 Å². The van der Waals surface area contributed by atoms with E-state index in [1.54, 1.807) is 0 Å². The Morgan fingerprint density at radius 3 is 1.80 bits per heavy atom. The van der Waals surface area contributed by atoms with Crippen LogP contribution in [0, 0.1) is 0 Å². The van der Waals surface area contributed by atoms with Crippen molar-refractivity contribution in [3.63, 3.8) is 0 Å². The molecule has 0 rings (SSSR count). The molecule has 0 saturated heterocycles. The van der Waals surface area contributed by atoms with E-state index in [0.29, 0.717) is 0 Å². The fourth-order valence-corrected chi connectivity index (χ4v) is 0.489. The van der Waals surface area contributed by atoms with E-state index in [1.165, 1.54) is 0 Å². The molecule has 9 N–H and O–H groups in total. The fourth-order valence-electron chi connectivity index (χ4n) is 0.163. The molecule has 0 saturated carbocycles. The van der Waals surface area contributed by atoms with E-state index in [4.69, 9.17) is 4.89 Å². The Kier molecular flexibility index (Phi) is 8.68. The van der Waals surface area contributed by atoms with Crippen molar-refractivity contribution < 1.29 is 24.3 Å². The smallest absolute Gasteiger partial charge is 0.137 e. The summed E-state index contributed by atoms with van der Waals surface area (Å²) in [6.07, 6.45) is -1.31. The molecule has 0 aromatic heterocycles. The fraction of sp³-hybridized carbons (Fsp3) is 0.500. The predicted molar refractivity (Wildman–Crippen MR) is 31.7 cm³/mol. The second-order valence-electron chi connectivity index (χ2n) is 1.17. The van der Waals surface area contributed by atoms with Crippen molar-refractivity contribution in [1.82, 2.24) is 12.3 Å². The number of hydrogen-bond acceptors (Lipinski definition) is 4. The van der Waals surface area contributed by atoms with Crippen LogP contribution in [0.1, 0.15) is 0 Å². The summed E-state index contributed by atoms with van der Waals surface area (Å²) in [7, 11) is -4.63. The van der Waals surface area contributed by atoms with Gasteiger partial charge in [-0.2, -0.15) is 0 Å². The lowest BCUT2D eigenvalue weighted by Crippen LogP contribution is -2.28. The summed E-state index contributed by atoms with van der Waals surface area (Å²) in [5, 5.41) is 9.37. The Morgan fingerprint density at radius 2 is 1.80 bits per heavy atom. The van der Waals surface area contributed by atoms with Crippen LogP contribution in [0.4, 0.5) is 0 Å². The Bertz CT molecular complexity index is 141. The summed E-state index contributed by atoms with van der Waals surface area (Å²) in [5.74, 6) is -1.80. The molecule has 1 atom stereocenters. The van der Waals surface area contributed by atoms with Crippen molar-refractivity contribution in [2.24, 2.45) is 0 Å². The van der Waals surface area contributed by atoms with Crippen LogP contribution in [-0.2, 0) is 9.36 Å². The van der Waals surface area contributed by atoms with E-state index in [0.717, 1.165) is 0 Å². The van der Waals surface area contributed by atoms with E-state index in [2.05, 4.69) is 0 Å². The molecular formula is C2H11N2O5P. The lowest BCUT2D eigenvalue weighted by atomic mass is 10.8. The number of carboxylic acid groups (broad SMARTS) is 1. The van der Waals surface area contributed by atoms with Crippen LogP contribution < -0.4 is 22.3 Å². The van der Waals surface area contributed by atoms with Gasteiger partial charge in [0.2, 0.25) is 0 Å². The molecule has 7 nitrogen and oxygen atoms in total. The molecule has 0 aliphatic heterocycles. The van der Waals surface area contributed by atoms with Crippen molar-refractivity contribution in [3.05, 3.63) is 0 Å². The van der Waals surface area contributed by atoms with E-state index < -0.39 is 19.7 Å². The third kappa shape index (κ3) is 15.6. The number of carbonyl (C=O) groups is 1. The molecule has 0 spiro atoms. The minimum Gasteiger partial charge on any atom is -0.778 e. The van der Waals surface area contributed by atoms with Crippen LogP contribution in [-0.4, -0.2) is 17.0 Å². The number of carboxylic acids is 1. The zero-order chi connectivity index (χ0) is 6.78. The van der Waals surface area contributed by atoms with Crippen LogP contribution in [0.25, 0.3) is 0 Å². The van der Waals surface area contributed by atoms with Gasteiger partial charge in [-0.1, -0.05) is 0 Å². The van der Waals surface area contributed by atoms with Gasteiger partial charge in [0.15, 0.2) is 0 Å². The highest BCUT2D eigenvalue weighted by atomic mass is 31.2. The van der Waals surface area contributed by atoms with Crippen molar-refractivity contribution >= 4 is 13.6 Å². The van der Waals surface area contributed by atoms with Crippen molar-refractivity contribution in [2.75, 3.05) is 6.16 Å². The Labute approximate surface area is 57.4 Å². The standard InChI is InChI=1S/C2H5O5P.2H3N/c3-2(4)1-8(5,6)7;;/h1H2,(H,3,4)(H2,5,6,7);2*1H3. The molecule has 1 unspecified atom stereocenters. The van der Waals surface area contributed by atoms with Crippen molar-refractivity contribution in [1.29, 1.82) is 0 Å². The third-order valence-electron chi connectivity index (χ3n) is 0.329. The van der Waals surface area contributed by atoms with Gasteiger partial charge in [-0.15, -0.1) is 0 Å². The molecule has 0 aromatic carbocycles. The molecule has 8 heteroatoms. The SMILES string of the molecule is O=C([O-])CP(=O)([O-])O.[NH4+].[NH4+]. The van der Waals surface area contributed by atoms with Gasteiger partial charge in [0.1, 0.15) is 7.60 Å². The lowest BCUT2D eigenvalue weighted by Gasteiger charge is -2.14. The van der Waals surface area contributed by atoms with Gasteiger partial charge in [0.25, 0.3) is 0 Å². The second kappa shape index (κ2) is 5.33. The lowest BCUT2D eigenvalue weighted by molar-refractivity contribution is -0.302. The van der Waals surface area contributed by atoms with Crippen LogP contribution in [0.2, 0.25) is 0 Å². The van der Waals surface area contributed by atoms with E-state index in [1.807, 2.05) is 0 Å². The second-order valence-corrected chi connectivity index (χ2v) is 2.76. The molecule has 0 fully saturated rings. The maximum Gasteiger partial charge on any atom is 0.137 e. The molecule has 64 valence electrons. The van der Waals surface area contributed by atoms with E-state index >= 15 is 0 Å². The topological polar surface area (TPSA) is 173 Å². The zero-order valence-corrected chi connectivity index (χ0v) is 6.63. The summed E-state index contributed by atoms with van der Waals surface area (Å²) in [5.41, 5.74) is 0. The first kappa shape index (κ1) is 16.3. The third-order valence-corrected chi connectivity index (χ3v) is 0.987. The molecule has 10 heavy (non-hydrogen) atoms. The molecule has 0 aliphatic rings. The van der Waals surface area contributed by atoms with Crippen LogP contribution in [0.3, 0.4) is 0 Å². The first-order valence-corrected chi connectivity index (χ1v) is 3.41. The number of hydrogen-bond donors (Lipinski definition) is 3. The number of carbonyl (C=O) groups excluding carboxylic acids is 1. The zero-order valence-electron chi connectivity index (χ0n) is 5.73. The summed E-state index contributed by atoms with van der Waals surface area (Å²) in [6.45, 7) is 0. The average molecular weight is 174 g/mol. The quantitative estimate of drug-likeness (QED) is 0.411. The van der Waals surface area contributed by atoms with Gasteiger partial charge in [0, 0.05) is 5.97 Å². The minimum absolute atomic E-state index is 0. The first-order valence-electron chi connectivity index (χ1n) is 1.64. The Balaban J connectivity index is -0.000000245. The predicted octanol–water partition coefficient (Wildman–Crippen LogP) is -1.97. The largest absolute Gasteiger partial charge is 0.778 e. The van der Waals surface area contributed by atoms with E-state index in [9.17, 15) is 19.4 Å². The van der Waals surface area contributed by atoms with Gasteiger partial charge in [-0.25, -0.2) is 0 Å². The number of rotatable bonds is 2. The Morgan fingerprint density at radius 1 is 1.50 bits per heavy atom. The molecule has 0 aromatic rings. The number of quaternary nitrogens is 2.